The molecule has 2 rings (SSSR count). The van der Waals surface area contributed by atoms with Crippen LogP contribution in [0.3, 0.4) is 0 Å². The third-order valence-corrected chi connectivity index (χ3v) is 5.12. The van der Waals surface area contributed by atoms with Crippen LogP contribution in [0.4, 0.5) is 4.39 Å². The first-order valence-corrected chi connectivity index (χ1v) is 5.59. The van der Waals surface area contributed by atoms with E-state index in [9.17, 15) is 9.18 Å². The summed E-state index contributed by atoms with van der Waals surface area (Å²) in [5.41, 5.74) is -1.74. The van der Waals surface area contributed by atoms with Crippen LogP contribution in [0, 0.1) is 10.8 Å². The Morgan fingerprint density at radius 3 is 2.27 bits per heavy atom. The van der Waals surface area contributed by atoms with E-state index in [0.717, 1.165) is 6.42 Å². The first-order chi connectivity index (χ1) is 6.73. The summed E-state index contributed by atoms with van der Waals surface area (Å²) in [5, 5.41) is 0. The van der Waals surface area contributed by atoms with Gasteiger partial charge in [0.05, 0.1) is 0 Å². The minimum Gasteiger partial charge on any atom is -0.462 e. The lowest BCUT2D eigenvalue weighted by Gasteiger charge is -2.38. The zero-order chi connectivity index (χ0) is 11.5. The maximum Gasteiger partial charge on any atom is 0.302 e. The lowest BCUT2D eigenvalue weighted by Crippen LogP contribution is -2.39. The lowest BCUT2D eigenvalue weighted by atomic mass is 9.69. The molecule has 3 atom stereocenters. The third kappa shape index (κ3) is 1.12. The van der Waals surface area contributed by atoms with Crippen molar-refractivity contribution in [3.05, 3.63) is 0 Å². The zero-order valence-corrected chi connectivity index (χ0v) is 9.89. The Labute approximate surface area is 90.2 Å². The summed E-state index contributed by atoms with van der Waals surface area (Å²) in [5.74, 6) is -0.298. The molecule has 0 unspecified atom stereocenters. The Kier molecular flexibility index (Phi) is 1.99. The van der Waals surface area contributed by atoms with Gasteiger partial charge >= 0.3 is 5.97 Å². The summed E-state index contributed by atoms with van der Waals surface area (Å²) < 4.78 is 19.9. The Morgan fingerprint density at radius 1 is 1.33 bits per heavy atom. The molecule has 0 amide bonds. The highest BCUT2D eigenvalue weighted by Crippen LogP contribution is 2.69. The van der Waals surface area contributed by atoms with E-state index in [1.54, 1.807) is 0 Å². The van der Waals surface area contributed by atoms with E-state index in [0.29, 0.717) is 12.8 Å². The molecule has 0 saturated heterocycles. The fraction of sp³-hybridized carbons (Fsp3) is 0.917. The maximum absolute atomic E-state index is 14.6. The number of ether oxygens (including phenoxy) is 1. The Bertz CT molecular complexity index is 313. The molecule has 2 aliphatic carbocycles. The van der Waals surface area contributed by atoms with Crippen molar-refractivity contribution in [1.29, 1.82) is 0 Å². The molecule has 2 bridgehead atoms. The van der Waals surface area contributed by atoms with Crippen molar-refractivity contribution >= 4 is 5.97 Å². The fourth-order valence-corrected chi connectivity index (χ4v) is 3.41. The summed E-state index contributed by atoms with van der Waals surface area (Å²) >= 11 is 0. The molecule has 3 heteroatoms. The number of carbonyl (C=O) groups is 1. The van der Waals surface area contributed by atoms with Crippen molar-refractivity contribution in [2.45, 2.75) is 58.7 Å². The zero-order valence-electron chi connectivity index (χ0n) is 9.89. The normalized spacial score (nSPS) is 46.9. The molecule has 2 fully saturated rings. The highest BCUT2D eigenvalue weighted by atomic mass is 19.1. The maximum atomic E-state index is 14.6. The number of fused-ring (bicyclic) bond motifs is 2. The van der Waals surface area contributed by atoms with Crippen LogP contribution in [0.25, 0.3) is 0 Å². The highest BCUT2D eigenvalue weighted by Gasteiger charge is 2.71. The van der Waals surface area contributed by atoms with Crippen LogP contribution in [0.1, 0.15) is 47.0 Å². The van der Waals surface area contributed by atoms with Crippen molar-refractivity contribution in [2.75, 3.05) is 0 Å². The van der Waals surface area contributed by atoms with Gasteiger partial charge in [0.1, 0.15) is 11.8 Å². The molecule has 0 aliphatic heterocycles. The van der Waals surface area contributed by atoms with Crippen LogP contribution in [0.5, 0.6) is 0 Å². The quantitative estimate of drug-likeness (QED) is 0.627. The Balaban J connectivity index is 2.32. The minimum absolute atomic E-state index is 0.201. The van der Waals surface area contributed by atoms with Gasteiger partial charge in [-0.2, -0.15) is 0 Å². The van der Waals surface area contributed by atoms with Crippen molar-refractivity contribution in [3.63, 3.8) is 0 Å². The van der Waals surface area contributed by atoms with E-state index >= 15 is 0 Å². The van der Waals surface area contributed by atoms with E-state index < -0.39 is 5.67 Å². The second-order valence-corrected chi connectivity index (χ2v) is 5.81. The minimum atomic E-state index is -1.15. The van der Waals surface area contributed by atoms with E-state index in [2.05, 4.69) is 6.92 Å². The van der Waals surface area contributed by atoms with Gasteiger partial charge in [-0.25, -0.2) is 4.39 Å². The van der Waals surface area contributed by atoms with Crippen LogP contribution in [0.2, 0.25) is 0 Å². The van der Waals surface area contributed by atoms with Crippen LogP contribution in [-0.4, -0.2) is 17.7 Å². The number of carbonyl (C=O) groups excluding carboxylic acids is 1. The Morgan fingerprint density at radius 2 is 1.93 bits per heavy atom. The van der Waals surface area contributed by atoms with Gasteiger partial charge in [-0.1, -0.05) is 20.8 Å². The number of halogens is 1. The van der Waals surface area contributed by atoms with Crippen molar-refractivity contribution < 1.29 is 13.9 Å². The third-order valence-electron chi connectivity index (χ3n) is 5.12. The number of hydrogen-bond donors (Lipinski definition) is 0. The molecule has 2 nitrogen and oxygen atoms in total. The number of hydrogen-bond acceptors (Lipinski definition) is 2. The highest BCUT2D eigenvalue weighted by molar-refractivity contribution is 5.66. The number of esters is 1. The van der Waals surface area contributed by atoms with E-state index in [-0.39, 0.29) is 22.9 Å². The molecule has 0 aromatic rings. The predicted molar refractivity (Wildman–Crippen MR) is 55.1 cm³/mol. The van der Waals surface area contributed by atoms with E-state index in [4.69, 9.17) is 4.74 Å². The molecule has 0 aromatic carbocycles. The summed E-state index contributed by atoms with van der Waals surface area (Å²) in [6.45, 7) is 7.37. The van der Waals surface area contributed by atoms with Gasteiger partial charge in [0.2, 0.25) is 0 Å². The standard InChI is InChI=1S/C12H19FO2/c1-8(14)15-9-7-12(13)6-5-11(9,4)10(12,2)3/h9H,5-7H2,1-4H3/t9-,11-,12-/m1/s1. The van der Waals surface area contributed by atoms with Gasteiger partial charge in [0.25, 0.3) is 0 Å². The van der Waals surface area contributed by atoms with Crippen LogP contribution < -0.4 is 0 Å². The second-order valence-electron chi connectivity index (χ2n) is 5.81. The molecule has 2 aliphatic rings. The molecule has 15 heavy (non-hydrogen) atoms. The van der Waals surface area contributed by atoms with Crippen LogP contribution >= 0.6 is 0 Å². The summed E-state index contributed by atoms with van der Waals surface area (Å²) in [6.07, 6.45) is 1.54. The topological polar surface area (TPSA) is 26.3 Å². The first kappa shape index (κ1) is 10.9. The second kappa shape index (κ2) is 2.74. The van der Waals surface area contributed by atoms with Crippen molar-refractivity contribution in [1.82, 2.24) is 0 Å². The summed E-state index contributed by atoms with van der Waals surface area (Å²) in [6, 6.07) is 0. The fourth-order valence-electron chi connectivity index (χ4n) is 3.41. The van der Waals surface area contributed by atoms with Crippen molar-refractivity contribution in [2.24, 2.45) is 10.8 Å². The Hall–Kier alpha value is -0.600. The van der Waals surface area contributed by atoms with Crippen LogP contribution in [0.15, 0.2) is 0 Å². The lowest BCUT2D eigenvalue weighted by molar-refractivity contribution is -0.154. The van der Waals surface area contributed by atoms with Gasteiger partial charge in [0.15, 0.2) is 0 Å². The molecular weight excluding hydrogens is 195 g/mol. The van der Waals surface area contributed by atoms with Gasteiger partial charge in [-0.15, -0.1) is 0 Å². The monoisotopic (exact) mass is 214 g/mol. The van der Waals surface area contributed by atoms with Gasteiger partial charge in [0, 0.05) is 24.2 Å². The number of rotatable bonds is 1. The molecule has 0 aromatic heterocycles. The molecule has 0 N–H and O–H groups in total. The number of alkyl halides is 1. The average Bonchev–Trinajstić information content (AvgIpc) is 2.33. The van der Waals surface area contributed by atoms with E-state index in [1.807, 2.05) is 13.8 Å². The SMILES string of the molecule is CC(=O)O[C@@H]1C[C@]2(F)CC[C@@]1(C)C2(C)C. The molecule has 0 radical (unpaired) electrons. The smallest absolute Gasteiger partial charge is 0.302 e. The van der Waals surface area contributed by atoms with Gasteiger partial charge < -0.3 is 4.74 Å². The van der Waals surface area contributed by atoms with Gasteiger partial charge in [-0.05, 0) is 12.8 Å². The van der Waals surface area contributed by atoms with E-state index in [1.165, 1.54) is 6.92 Å². The molecular formula is C12H19FO2. The predicted octanol–water partition coefficient (Wildman–Crippen LogP) is 2.86. The molecule has 0 spiro atoms. The van der Waals surface area contributed by atoms with Gasteiger partial charge in [-0.3, -0.25) is 4.79 Å². The first-order valence-electron chi connectivity index (χ1n) is 5.59. The summed E-state index contributed by atoms with van der Waals surface area (Å²) in [7, 11) is 0. The van der Waals surface area contributed by atoms with Crippen LogP contribution in [-0.2, 0) is 9.53 Å². The van der Waals surface area contributed by atoms with Crippen molar-refractivity contribution in [3.8, 4) is 0 Å². The largest absolute Gasteiger partial charge is 0.462 e. The molecule has 86 valence electrons. The average molecular weight is 214 g/mol. The molecule has 2 saturated carbocycles. The molecule has 0 heterocycles. The summed E-state index contributed by atoms with van der Waals surface area (Å²) in [4.78, 5) is 11.0.